The number of Topliss-reactive ketones (excluding diaryl/α,β-unsaturated/α-hetero) is 3. The van der Waals surface area contributed by atoms with Crippen molar-refractivity contribution in [2.75, 3.05) is 40.4 Å². The number of carboxylic acids is 1. The van der Waals surface area contributed by atoms with Crippen LogP contribution in [0.4, 0.5) is 0 Å². The van der Waals surface area contributed by atoms with E-state index in [0.717, 1.165) is 0 Å². The van der Waals surface area contributed by atoms with Crippen LogP contribution in [0.5, 0.6) is 0 Å². The van der Waals surface area contributed by atoms with Crippen molar-refractivity contribution in [3.05, 3.63) is 96.6 Å². The standard InChI is InChI=1S/C22H29N5O5.C21H28N6O4.C21H26N6O3.C14H25N3O4.C7H5N3O2/c1-12(2)9-14(11-17(28)19-25-15-5-4-7-23-18(15)27-19)21(30)26-16(22(31)32-3)10-13-6-8-24-20(13)29;1-11(2)8-13(10-16(28)19-25-14-4-3-6-23-18(14)27-19)21(31)26-15(17(22)29)9-12-5-7-24-20(12)30;1-12(2)8-14(10-17(28)19-26-16-4-3-6-23-18(16)27-19)21(30)25-15(11-22)9-13-5-7-24-20(13)29;1-8(2)6-10(15)13(19)17-11(14(20)21-3)7-9-4-5-16-12(9)18;11-7(12)6-9-4-2-1-3-8-5(4)10-6/h4-5,7,12-14,16H,6,8-11H2,1-3H3,(H,24,29)(H,26,30)(H,23,25,27);3-4,6,11-13,15H,5,7-10H2,1-2H3,(H2,22,29)(H,24,30)(H,26,31)(H,23,25,27);3-4,6,12-15H,5,7-10H2,1-2H3,(H,24,29)(H,25,30)(H,23,26,27);8-11H,4-7,15H2,1-3H3,(H,16,18)(H,17,19);1-3H,(H,11,12)(H,8,9,10)/t13-,14+,16-;12-,13+,15-;13-,14+,15-;9-,10-,11-;/m0000./s1. The number of aromatic nitrogens is 12. The van der Waals surface area contributed by atoms with Gasteiger partial charge in [0.2, 0.25) is 59.0 Å². The van der Waals surface area contributed by atoms with Crippen molar-refractivity contribution in [2.45, 2.75) is 182 Å². The molecule has 4 aliphatic heterocycles. The number of fused-ring (bicyclic) bond motifs is 4. The maximum absolute atomic E-state index is 13.1. The molecule has 8 aromatic heterocycles. The van der Waals surface area contributed by atoms with E-state index in [0.29, 0.717) is 122 Å². The molecule has 0 spiro atoms. The first-order valence-electron chi connectivity index (χ1n) is 42.0. The van der Waals surface area contributed by atoms with Crippen molar-refractivity contribution < 1.29 is 86.5 Å². The van der Waals surface area contributed by atoms with Gasteiger partial charge >= 0.3 is 17.9 Å². The topological polar surface area (TPSA) is 633 Å². The number of nitriles is 1. The molecule has 17 N–H and O–H groups in total. The normalized spacial score (nSPS) is 17.7. The van der Waals surface area contributed by atoms with Crippen LogP contribution in [0.1, 0.15) is 194 Å². The van der Waals surface area contributed by atoms with Crippen LogP contribution in [0.15, 0.2) is 73.3 Å². The number of ketones is 3. The summed E-state index contributed by atoms with van der Waals surface area (Å²) in [5.74, 6) is -7.98. The number of hydrogen-bond acceptors (Lipinski definition) is 27. The van der Waals surface area contributed by atoms with Crippen LogP contribution < -0.4 is 54.0 Å². The molecule has 0 radical (unpaired) electrons. The molecule has 41 heteroatoms. The smallest absolute Gasteiger partial charge is 0.371 e. The number of imidazole rings is 4. The summed E-state index contributed by atoms with van der Waals surface area (Å²) in [6.45, 7) is 18.0. The molecule has 126 heavy (non-hydrogen) atoms. The summed E-state index contributed by atoms with van der Waals surface area (Å²) < 4.78 is 9.52. The van der Waals surface area contributed by atoms with E-state index < -0.39 is 89.5 Å². The van der Waals surface area contributed by atoms with E-state index in [4.69, 9.17) is 26.0 Å². The van der Waals surface area contributed by atoms with Crippen LogP contribution in [-0.4, -0.2) is 224 Å². The first-order chi connectivity index (χ1) is 60.0. The molecule has 0 unspecified atom stereocenters. The number of carboxylic acid groups (broad SMARTS) is 1. The minimum absolute atomic E-state index is 0.0219. The zero-order chi connectivity index (χ0) is 92.0. The molecule has 4 fully saturated rings. The molecule has 676 valence electrons. The number of aromatic amines is 4. The Balaban J connectivity index is 0.000000200. The molecular formula is C85H113N23O18. The summed E-state index contributed by atoms with van der Waals surface area (Å²) in [5, 5.41) is 39.6. The molecule has 8 aromatic rings. The summed E-state index contributed by atoms with van der Waals surface area (Å²) in [4.78, 5) is 227. The Morgan fingerprint density at radius 2 is 0.722 bits per heavy atom. The number of esters is 2. The van der Waals surface area contributed by atoms with Gasteiger partial charge in [-0.2, -0.15) is 5.26 Å². The van der Waals surface area contributed by atoms with E-state index in [9.17, 15) is 77.2 Å². The van der Waals surface area contributed by atoms with E-state index in [-0.39, 0.29) is 162 Å². The fourth-order valence-corrected chi connectivity index (χ4v) is 14.9. The first kappa shape index (κ1) is 98.0. The average Bonchev–Trinajstić information content (AvgIpc) is 1.68. The quantitative estimate of drug-likeness (QED) is 0.0193. The van der Waals surface area contributed by atoms with Crippen LogP contribution in [0.2, 0.25) is 0 Å². The van der Waals surface area contributed by atoms with Crippen molar-refractivity contribution in [2.24, 2.45) is 76.6 Å². The van der Waals surface area contributed by atoms with Crippen molar-refractivity contribution in [3.63, 3.8) is 0 Å². The van der Waals surface area contributed by atoms with E-state index in [1.54, 1.807) is 73.3 Å². The van der Waals surface area contributed by atoms with Gasteiger partial charge in [-0.25, -0.2) is 54.3 Å². The average molecular weight is 1740 g/mol. The first-order valence-corrected chi connectivity index (χ1v) is 42.0. The van der Waals surface area contributed by atoms with Gasteiger partial charge in [-0.3, -0.25) is 57.5 Å². The number of hydrogen-bond donors (Lipinski definition) is 15. The van der Waals surface area contributed by atoms with Gasteiger partial charge in [0.15, 0.2) is 57.4 Å². The van der Waals surface area contributed by atoms with E-state index in [1.807, 2.05) is 55.4 Å². The van der Waals surface area contributed by atoms with Crippen LogP contribution in [-0.2, 0) is 62.2 Å². The summed E-state index contributed by atoms with van der Waals surface area (Å²) >= 11 is 0. The highest BCUT2D eigenvalue weighted by Crippen LogP contribution is 2.27. The van der Waals surface area contributed by atoms with Gasteiger partial charge in [-0.1, -0.05) is 55.4 Å². The van der Waals surface area contributed by atoms with Gasteiger partial charge in [0.1, 0.15) is 24.2 Å². The molecule has 9 amide bonds. The molecule has 41 nitrogen and oxygen atoms in total. The van der Waals surface area contributed by atoms with Crippen LogP contribution in [0.25, 0.3) is 44.7 Å². The maximum atomic E-state index is 13.1. The molecule has 4 aliphatic rings. The summed E-state index contributed by atoms with van der Waals surface area (Å²) in [5.41, 5.74) is 15.6. The Bertz CT molecular complexity index is 5090. The van der Waals surface area contributed by atoms with Gasteiger partial charge in [0.05, 0.1) is 48.4 Å². The number of rotatable bonds is 37. The fraction of sp³-hybridized carbons (Fsp3) is 0.529. The zero-order valence-corrected chi connectivity index (χ0v) is 72.2. The van der Waals surface area contributed by atoms with Crippen LogP contribution >= 0.6 is 0 Å². The number of primary amides is 1. The zero-order valence-electron chi connectivity index (χ0n) is 72.2. The Labute approximate surface area is 725 Å². The molecule has 4 saturated heterocycles. The van der Waals surface area contributed by atoms with Crippen molar-refractivity contribution in [3.8, 4) is 6.07 Å². The summed E-state index contributed by atoms with van der Waals surface area (Å²) in [6.07, 6.45) is 11.4. The fourth-order valence-electron chi connectivity index (χ4n) is 14.9. The molecule has 0 bridgehead atoms. The second-order valence-electron chi connectivity index (χ2n) is 33.1. The second-order valence-corrected chi connectivity index (χ2v) is 33.1. The third-order valence-electron chi connectivity index (χ3n) is 21.2. The highest BCUT2D eigenvalue weighted by Gasteiger charge is 2.39. The number of ether oxygens (including phenoxy) is 2. The number of nitrogens with two attached hydrogens (primary N) is 2. The Kier molecular flexibility index (Phi) is 36.9. The van der Waals surface area contributed by atoms with E-state index in [2.05, 4.69) is 108 Å². The summed E-state index contributed by atoms with van der Waals surface area (Å²) in [7, 11) is 2.49. The van der Waals surface area contributed by atoms with Crippen LogP contribution in [0.3, 0.4) is 0 Å². The number of nitrogens with one attached hydrogen (secondary N) is 12. The van der Waals surface area contributed by atoms with Gasteiger partial charge in [-0.15, -0.1) is 0 Å². The number of pyridine rings is 4. The second kappa shape index (κ2) is 47.4. The Morgan fingerprint density at radius 1 is 0.437 bits per heavy atom. The Hall–Kier alpha value is -13.4. The lowest BCUT2D eigenvalue weighted by molar-refractivity contribution is -0.146. The number of H-pyrrole nitrogens is 4. The van der Waals surface area contributed by atoms with Gasteiger partial charge in [0, 0.05) is 112 Å². The number of nitrogens with zero attached hydrogens (tertiary/aromatic N) is 9. The predicted octanol–water partition coefficient (Wildman–Crippen LogP) is 3.99. The monoisotopic (exact) mass is 1740 g/mol. The largest absolute Gasteiger partial charge is 0.475 e. The lowest BCUT2D eigenvalue weighted by atomic mass is 9.90. The van der Waals surface area contributed by atoms with Gasteiger partial charge in [-0.05, 0) is 149 Å². The van der Waals surface area contributed by atoms with Gasteiger partial charge in [0.25, 0.3) is 0 Å². The molecule has 12 heterocycles. The number of carbonyl (C=O) groups is 15. The lowest BCUT2D eigenvalue weighted by Crippen LogP contribution is -2.50. The number of methoxy groups -OCH3 is 2. The van der Waals surface area contributed by atoms with E-state index >= 15 is 0 Å². The highest BCUT2D eigenvalue weighted by molar-refractivity contribution is 6.01. The SMILES string of the molecule is CC(C)C[C@H](CC(=O)c1nc2ncccc2[nH]1)C(=O)N[C@@H](C[C@@H]1CCNC1=O)C(N)=O.CC(C)C[C@H](CC(=O)c1nc2ncccc2[nH]1)C(=O)N[C@H](C#N)C[C@@H]1CCNC1=O.COC(=O)[C@H](C[C@@H]1CCNC1=O)NC(=O)[C@@H](CC(=O)c1nc2ncccc2[nH]1)CC(C)C.COC(=O)[C@H](C[C@@H]1CCNC1=O)NC(=O)[C@@H](N)CC(C)C.O=C(O)c1nc2ncccc2[nH]1. The minimum Gasteiger partial charge on any atom is -0.475 e. The third kappa shape index (κ3) is 29.4. The van der Waals surface area contributed by atoms with E-state index in [1.165, 1.54) is 14.2 Å². The molecule has 0 aliphatic carbocycles. The number of amides is 9. The molecule has 12 rings (SSSR count). The molecule has 0 aromatic carbocycles. The highest BCUT2D eigenvalue weighted by atomic mass is 16.5. The lowest BCUT2D eigenvalue weighted by Gasteiger charge is -2.23. The number of aromatic carboxylic acids is 1. The predicted molar refractivity (Wildman–Crippen MR) is 455 cm³/mol. The van der Waals surface area contributed by atoms with Crippen molar-refractivity contribution >= 4 is 133 Å². The molecule has 12 atom stereocenters. The van der Waals surface area contributed by atoms with Crippen molar-refractivity contribution in [1.29, 1.82) is 5.26 Å². The maximum Gasteiger partial charge on any atom is 0.371 e. The third-order valence-corrected chi connectivity index (χ3v) is 21.2. The Morgan fingerprint density at radius 3 is 1.00 bits per heavy atom. The van der Waals surface area contributed by atoms with Gasteiger partial charge < -0.3 is 88.5 Å². The number of carbonyl (C=O) groups excluding carboxylic acids is 14. The molecule has 0 saturated carbocycles. The summed E-state index contributed by atoms with van der Waals surface area (Å²) in [6, 6.07) is 11.8. The molecular weight excluding hydrogens is 1630 g/mol. The van der Waals surface area contributed by atoms with Crippen LogP contribution in [0, 0.1) is 76.4 Å². The van der Waals surface area contributed by atoms with Crippen molar-refractivity contribution in [1.82, 2.24) is 102 Å². The minimum atomic E-state index is -1.08.